The topological polar surface area (TPSA) is 25.9 Å². The summed E-state index contributed by atoms with van der Waals surface area (Å²) in [7, 11) is 0. The van der Waals surface area contributed by atoms with Gasteiger partial charge in [-0.1, -0.05) is 46.8 Å². The van der Waals surface area contributed by atoms with Crippen LogP contribution in [0.5, 0.6) is 0 Å². The van der Waals surface area contributed by atoms with Crippen LogP contribution in [0.25, 0.3) is 11.0 Å². The fraction of sp³-hybridized carbons (Fsp3) is 0.579. The Bertz CT molecular complexity index is 668. The highest BCUT2D eigenvalue weighted by Gasteiger charge is 2.29. The zero-order valence-electron chi connectivity index (χ0n) is 15.1. The molecule has 128 valence electrons. The molecule has 3 nitrogen and oxygen atoms in total. The molecule has 0 aliphatic carbocycles. The van der Waals surface area contributed by atoms with Crippen LogP contribution in [0.15, 0.2) is 24.3 Å². The number of nitrogens with zero attached hydrogens (tertiary/aromatic N) is 2. The Morgan fingerprint density at radius 1 is 1.13 bits per heavy atom. The summed E-state index contributed by atoms with van der Waals surface area (Å²) in [6, 6.07) is 8.45. The summed E-state index contributed by atoms with van der Waals surface area (Å²) in [5.74, 6) is 1.57. The molecular weight excluding hydrogens is 352 g/mol. The van der Waals surface area contributed by atoms with E-state index in [0.717, 1.165) is 25.8 Å². The van der Waals surface area contributed by atoms with E-state index in [-0.39, 0.29) is 28.2 Å². The van der Waals surface area contributed by atoms with Crippen LogP contribution < -0.4 is 4.57 Å². The number of halogens is 1. The van der Waals surface area contributed by atoms with Crippen LogP contribution in [0.1, 0.15) is 53.3 Å². The van der Waals surface area contributed by atoms with Crippen molar-refractivity contribution in [3.63, 3.8) is 0 Å². The van der Waals surface area contributed by atoms with Gasteiger partial charge < -0.3 is 0 Å². The van der Waals surface area contributed by atoms with Gasteiger partial charge in [-0.05, 0) is 25.0 Å². The van der Waals surface area contributed by atoms with Gasteiger partial charge in [-0.25, -0.2) is 9.13 Å². The lowest BCUT2D eigenvalue weighted by molar-refractivity contribution is -0.667. The molecule has 23 heavy (non-hydrogen) atoms. The van der Waals surface area contributed by atoms with Crippen molar-refractivity contribution in [3.05, 3.63) is 30.1 Å². The molecule has 1 heterocycles. The summed E-state index contributed by atoms with van der Waals surface area (Å²) in [6.45, 7) is 11.9. The number of hydrogen-bond donors (Lipinski definition) is 0. The Morgan fingerprint density at radius 2 is 1.78 bits per heavy atom. The highest BCUT2D eigenvalue weighted by atomic mass is 79.9. The Kier molecular flexibility index (Phi) is 7.00. The first-order chi connectivity index (χ1) is 10.4. The number of Topliss-reactive ketones (excluding diaryl/α,β-unsaturated/α-hetero) is 1. The van der Waals surface area contributed by atoms with Gasteiger partial charge >= 0.3 is 0 Å². The third-order valence-corrected chi connectivity index (χ3v) is 4.15. The van der Waals surface area contributed by atoms with E-state index in [9.17, 15) is 4.79 Å². The molecule has 0 spiro atoms. The normalized spacial score (nSPS) is 11.5. The average Bonchev–Trinajstić information content (AvgIpc) is 2.74. The highest BCUT2D eigenvalue weighted by molar-refractivity contribution is 8.93. The average molecular weight is 382 g/mol. The van der Waals surface area contributed by atoms with E-state index in [1.54, 1.807) is 0 Å². The van der Waals surface area contributed by atoms with E-state index in [4.69, 9.17) is 0 Å². The molecule has 0 bridgehead atoms. The van der Waals surface area contributed by atoms with E-state index in [2.05, 4.69) is 47.2 Å². The Balaban J connectivity index is 0.00000264. The third-order valence-electron chi connectivity index (χ3n) is 4.15. The fourth-order valence-corrected chi connectivity index (χ4v) is 2.87. The molecule has 1 aromatic heterocycles. The van der Waals surface area contributed by atoms with Gasteiger partial charge in [0.2, 0.25) is 0 Å². The van der Waals surface area contributed by atoms with Crippen LogP contribution in [0.2, 0.25) is 0 Å². The zero-order valence-corrected chi connectivity index (χ0v) is 16.8. The molecule has 0 N–H and O–H groups in total. The van der Waals surface area contributed by atoms with Crippen molar-refractivity contribution in [1.29, 1.82) is 0 Å². The van der Waals surface area contributed by atoms with Crippen molar-refractivity contribution in [3.8, 4) is 0 Å². The van der Waals surface area contributed by atoms with Crippen LogP contribution >= 0.6 is 17.0 Å². The summed E-state index contributed by atoms with van der Waals surface area (Å²) in [4.78, 5) is 12.6. The molecule has 2 rings (SSSR count). The maximum atomic E-state index is 12.6. The first-order valence-corrected chi connectivity index (χ1v) is 8.43. The molecule has 0 fully saturated rings. The van der Waals surface area contributed by atoms with Crippen molar-refractivity contribution >= 4 is 33.8 Å². The van der Waals surface area contributed by atoms with Crippen LogP contribution in [0.3, 0.4) is 0 Å². The molecule has 4 heteroatoms. The number of aromatic nitrogens is 2. The predicted molar refractivity (Wildman–Crippen MR) is 101 cm³/mol. The second kappa shape index (κ2) is 8.09. The summed E-state index contributed by atoms with van der Waals surface area (Å²) in [5.41, 5.74) is 2.12. The lowest BCUT2D eigenvalue weighted by Gasteiger charge is -2.15. The molecule has 1 aromatic carbocycles. The molecule has 0 aliphatic heterocycles. The molecular formula is C19H30BrN2O+. The smallest absolute Gasteiger partial charge is 0.257 e. The number of fused-ring (bicyclic) bond motifs is 1. The van der Waals surface area contributed by atoms with Crippen molar-refractivity contribution in [2.24, 2.45) is 5.41 Å². The lowest BCUT2D eigenvalue weighted by Crippen LogP contribution is -2.44. The van der Waals surface area contributed by atoms with E-state index in [1.807, 2.05) is 20.8 Å². The standard InChI is InChI=1S/C19H29N2O.BrH/c1-6-10-18-20(13-7-2)15-11-8-9-12-16(15)21(18)14-17(22)19(3,4)5;/h8-9,11-12H,6-7,10,13-14H2,1-5H3;1H/q+1;. The number of carbonyl (C=O) groups excluding carboxylic acids is 1. The van der Waals surface area contributed by atoms with Crippen molar-refractivity contribution in [2.75, 3.05) is 0 Å². The van der Waals surface area contributed by atoms with Crippen molar-refractivity contribution < 1.29 is 9.36 Å². The number of aryl methyl sites for hydroxylation is 1. The van der Waals surface area contributed by atoms with Gasteiger partial charge in [0, 0.05) is 11.8 Å². The van der Waals surface area contributed by atoms with Crippen molar-refractivity contribution in [2.45, 2.75) is 67.0 Å². The highest BCUT2D eigenvalue weighted by Crippen LogP contribution is 2.19. The van der Waals surface area contributed by atoms with Crippen LogP contribution in [-0.2, 0) is 24.3 Å². The Morgan fingerprint density at radius 3 is 2.35 bits per heavy atom. The third kappa shape index (κ3) is 4.23. The minimum absolute atomic E-state index is 0. The van der Waals surface area contributed by atoms with Crippen LogP contribution in [-0.4, -0.2) is 10.4 Å². The second-order valence-electron chi connectivity index (χ2n) is 7.07. The molecule has 0 amide bonds. The van der Waals surface area contributed by atoms with Gasteiger partial charge in [-0.15, -0.1) is 17.0 Å². The molecule has 0 saturated heterocycles. The predicted octanol–water partition coefficient (Wildman–Crippen LogP) is 4.48. The summed E-state index contributed by atoms with van der Waals surface area (Å²) < 4.78 is 4.64. The van der Waals surface area contributed by atoms with E-state index >= 15 is 0 Å². The van der Waals surface area contributed by atoms with E-state index in [0.29, 0.717) is 6.54 Å². The van der Waals surface area contributed by atoms with Gasteiger partial charge in [-0.3, -0.25) is 4.79 Å². The molecule has 0 unspecified atom stereocenters. The maximum Gasteiger partial charge on any atom is 0.257 e. The Labute approximate surface area is 150 Å². The van der Waals surface area contributed by atoms with Gasteiger partial charge in [0.05, 0.1) is 6.54 Å². The van der Waals surface area contributed by atoms with Crippen LogP contribution in [0.4, 0.5) is 0 Å². The number of ketones is 1. The van der Waals surface area contributed by atoms with Gasteiger partial charge in [0.15, 0.2) is 16.8 Å². The molecule has 2 aromatic rings. The number of hydrogen-bond acceptors (Lipinski definition) is 1. The lowest BCUT2D eigenvalue weighted by atomic mass is 9.91. The van der Waals surface area contributed by atoms with Gasteiger partial charge in [0.25, 0.3) is 5.82 Å². The fourth-order valence-electron chi connectivity index (χ4n) is 2.87. The summed E-state index contributed by atoms with van der Waals surface area (Å²) in [5, 5.41) is 0. The largest absolute Gasteiger partial charge is 0.295 e. The van der Waals surface area contributed by atoms with E-state index < -0.39 is 0 Å². The number of rotatable bonds is 6. The van der Waals surface area contributed by atoms with Crippen molar-refractivity contribution in [1.82, 2.24) is 4.57 Å². The number of benzene rings is 1. The van der Waals surface area contributed by atoms with Gasteiger partial charge in [-0.2, -0.15) is 0 Å². The number of imidazole rings is 1. The molecule has 0 saturated carbocycles. The Hall–Kier alpha value is -1.16. The first-order valence-electron chi connectivity index (χ1n) is 8.43. The molecule has 0 radical (unpaired) electrons. The van der Waals surface area contributed by atoms with Crippen LogP contribution in [0, 0.1) is 5.41 Å². The SMILES string of the molecule is Br.CCCc1n(CCC)c2ccccc2[n+]1CC(=O)C(C)(C)C. The minimum atomic E-state index is -0.301. The summed E-state index contributed by atoms with van der Waals surface area (Å²) in [6.07, 6.45) is 3.19. The summed E-state index contributed by atoms with van der Waals surface area (Å²) >= 11 is 0. The number of carbonyl (C=O) groups is 1. The first kappa shape index (κ1) is 19.9. The monoisotopic (exact) mass is 381 g/mol. The second-order valence-corrected chi connectivity index (χ2v) is 7.07. The zero-order chi connectivity index (χ0) is 16.3. The van der Waals surface area contributed by atoms with E-state index in [1.165, 1.54) is 16.9 Å². The maximum absolute atomic E-state index is 12.6. The quantitative estimate of drug-likeness (QED) is 0.677. The minimum Gasteiger partial charge on any atom is -0.295 e. The molecule has 0 aliphatic rings. The van der Waals surface area contributed by atoms with Gasteiger partial charge in [0.1, 0.15) is 6.54 Å². The molecule has 0 atom stereocenters. The number of para-hydroxylation sites is 2.